The van der Waals surface area contributed by atoms with Crippen LogP contribution in [0.2, 0.25) is 0 Å². The Labute approximate surface area is 254 Å². The normalized spacial score (nSPS) is 12.0. The summed E-state index contributed by atoms with van der Waals surface area (Å²) in [6, 6.07) is 48.2. The molecule has 0 bridgehead atoms. The molecule has 0 N–H and O–H groups in total. The van der Waals surface area contributed by atoms with E-state index in [1.54, 1.807) is 0 Å². The van der Waals surface area contributed by atoms with Gasteiger partial charge in [-0.25, -0.2) is 15.0 Å². The molecular weight excluding hydrogens is 538 g/mol. The lowest BCUT2D eigenvalue weighted by Crippen LogP contribution is -2.00. The number of rotatable bonds is 4. The van der Waals surface area contributed by atoms with Crippen molar-refractivity contribution in [2.75, 3.05) is 0 Å². The van der Waals surface area contributed by atoms with E-state index in [9.17, 15) is 0 Å². The average molecular weight is 564 g/mol. The molecule has 4 nitrogen and oxygen atoms in total. The fraction of sp³-hybridized carbons (Fsp3) is 0.0250. The van der Waals surface area contributed by atoms with Gasteiger partial charge in [-0.2, -0.15) is 0 Å². The maximum absolute atomic E-state index is 6.34. The molecule has 2 heterocycles. The van der Waals surface area contributed by atoms with Crippen LogP contribution in [-0.4, -0.2) is 15.0 Å². The second-order valence-corrected chi connectivity index (χ2v) is 11.3. The highest BCUT2D eigenvalue weighted by Gasteiger charge is 2.21. The van der Waals surface area contributed by atoms with Crippen molar-refractivity contribution in [1.29, 1.82) is 0 Å². The number of benzene rings is 6. The number of aromatic nitrogens is 3. The molecule has 1 aliphatic rings. The van der Waals surface area contributed by atoms with Crippen LogP contribution in [0.25, 0.3) is 78.4 Å². The summed E-state index contributed by atoms with van der Waals surface area (Å²) in [4.78, 5) is 14.7. The Hall–Kier alpha value is -5.87. The Morgan fingerprint density at radius 2 is 0.977 bits per heavy atom. The third kappa shape index (κ3) is 4.11. The highest BCUT2D eigenvalue weighted by Crippen LogP contribution is 2.42. The summed E-state index contributed by atoms with van der Waals surface area (Å²) in [6.45, 7) is 0. The molecule has 44 heavy (non-hydrogen) atoms. The van der Waals surface area contributed by atoms with Crippen molar-refractivity contribution >= 4 is 21.9 Å². The van der Waals surface area contributed by atoms with Crippen LogP contribution in [0.15, 0.2) is 144 Å². The second-order valence-electron chi connectivity index (χ2n) is 11.3. The molecule has 4 heteroatoms. The minimum atomic E-state index is 0.642. The van der Waals surface area contributed by atoms with E-state index in [1.807, 2.05) is 60.7 Å². The third-order valence-electron chi connectivity index (χ3n) is 8.54. The lowest BCUT2D eigenvalue weighted by atomic mass is 9.99. The van der Waals surface area contributed by atoms with E-state index in [4.69, 9.17) is 19.4 Å². The van der Waals surface area contributed by atoms with Crippen molar-refractivity contribution in [3.63, 3.8) is 0 Å². The quantitative estimate of drug-likeness (QED) is 0.214. The predicted molar refractivity (Wildman–Crippen MR) is 177 cm³/mol. The zero-order chi connectivity index (χ0) is 29.0. The minimum Gasteiger partial charge on any atom is -0.456 e. The van der Waals surface area contributed by atoms with Crippen molar-refractivity contribution < 1.29 is 4.42 Å². The summed E-state index contributed by atoms with van der Waals surface area (Å²) in [7, 11) is 0. The Balaban J connectivity index is 1.16. The Bertz CT molecular complexity index is 2300. The van der Waals surface area contributed by atoms with Gasteiger partial charge < -0.3 is 4.42 Å². The van der Waals surface area contributed by atoms with Crippen LogP contribution in [0.4, 0.5) is 0 Å². The zero-order valence-electron chi connectivity index (χ0n) is 23.7. The van der Waals surface area contributed by atoms with Crippen molar-refractivity contribution in [2.45, 2.75) is 6.42 Å². The molecule has 0 aliphatic heterocycles. The first-order valence-electron chi connectivity index (χ1n) is 14.8. The first-order valence-corrected chi connectivity index (χ1v) is 14.8. The van der Waals surface area contributed by atoms with Gasteiger partial charge in [-0.05, 0) is 70.1 Å². The maximum Gasteiger partial charge on any atom is 0.164 e. The van der Waals surface area contributed by atoms with Gasteiger partial charge in [0.15, 0.2) is 17.5 Å². The Morgan fingerprint density at radius 3 is 1.73 bits per heavy atom. The first kappa shape index (κ1) is 24.7. The standard InChI is InChI=1S/C40H25N3O/c1-3-10-25(11-4-1)38-41-39(26-12-5-2-6-13-26)43-40(42-38)30-16-9-15-27(20-30)28-18-19-36-34(22-28)35-24-33-31(23-37(35)44-36)21-29-14-7-8-17-32(29)33/h1-20,22-24H,21H2. The van der Waals surface area contributed by atoms with E-state index in [0.29, 0.717) is 17.5 Å². The first-order chi connectivity index (χ1) is 21.8. The molecule has 0 atom stereocenters. The van der Waals surface area contributed by atoms with Crippen molar-refractivity contribution in [3.8, 4) is 56.4 Å². The number of nitrogens with zero attached hydrogens (tertiary/aromatic N) is 3. The molecular formula is C40H25N3O. The lowest BCUT2D eigenvalue weighted by Gasteiger charge is -2.09. The number of furan rings is 1. The predicted octanol–water partition coefficient (Wildman–Crippen LogP) is 10.0. The topological polar surface area (TPSA) is 51.8 Å². The van der Waals surface area contributed by atoms with Crippen LogP contribution in [0, 0.1) is 0 Å². The fourth-order valence-corrected chi connectivity index (χ4v) is 6.36. The smallest absolute Gasteiger partial charge is 0.164 e. The van der Waals surface area contributed by atoms with E-state index in [1.165, 1.54) is 22.3 Å². The van der Waals surface area contributed by atoms with Crippen LogP contribution in [0.3, 0.4) is 0 Å². The van der Waals surface area contributed by atoms with Gasteiger partial charge in [-0.15, -0.1) is 0 Å². The van der Waals surface area contributed by atoms with Crippen LogP contribution < -0.4 is 0 Å². The largest absolute Gasteiger partial charge is 0.456 e. The molecule has 0 fully saturated rings. The molecule has 0 radical (unpaired) electrons. The molecule has 2 aromatic heterocycles. The summed E-state index contributed by atoms with van der Waals surface area (Å²) >= 11 is 0. The summed E-state index contributed by atoms with van der Waals surface area (Å²) in [6.07, 6.45) is 0.950. The van der Waals surface area contributed by atoms with Crippen LogP contribution in [0.5, 0.6) is 0 Å². The molecule has 0 unspecified atom stereocenters. The van der Waals surface area contributed by atoms with Crippen molar-refractivity contribution in [1.82, 2.24) is 15.0 Å². The number of hydrogen-bond acceptors (Lipinski definition) is 4. The molecule has 8 aromatic rings. The van der Waals surface area contributed by atoms with Gasteiger partial charge in [0.1, 0.15) is 11.2 Å². The highest BCUT2D eigenvalue weighted by molar-refractivity contribution is 6.08. The zero-order valence-corrected chi connectivity index (χ0v) is 23.7. The Morgan fingerprint density at radius 1 is 0.386 bits per heavy atom. The number of fused-ring (bicyclic) bond motifs is 6. The van der Waals surface area contributed by atoms with Crippen molar-refractivity contribution in [3.05, 3.63) is 151 Å². The molecule has 0 amide bonds. The molecule has 6 aromatic carbocycles. The van der Waals surface area contributed by atoms with Gasteiger partial charge >= 0.3 is 0 Å². The molecule has 9 rings (SSSR count). The molecule has 1 aliphatic carbocycles. The molecule has 206 valence electrons. The van der Waals surface area contributed by atoms with E-state index in [2.05, 4.69) is 78.9 Å². The van der Waals surface area contributed by atoms with Crippen molar-refractivity contribution in [2.24, 2.45) is 0 Å². The molecule has 0 spiro atoms. The molecule has 0 saturated carbocycles. The summed E-state index contributed by atoms with van der Waals surface area (Å²) in [5, 5.41) is 2.26. The maximum atomic E-state index is 6.34. The van der Waals surface area contributed by atoms with E-state index >= 15 is 0 Å². The summed E-state index contributed by atoms with van der Waals surface area (Å²) < 4.78 is 6.34. The van der Waals surface area contributed by atoms with Crippen LogP contribution >= 0.6 is 0 Å². The summed E-state index contributed by atoms with van der Waals surface area (Å²) in [5.41, 5.74) is 12.2. The van der Waals surface area contributed by atoms with Gasteiger partial charge in [0, 0.05) is 27.5 Å². The summed E-state index contributed by atoms with van der Waals surface area (Å²) in [5.74, 6) is 1.95. The second kappa shape index (κ2) is 9.85. The third-order valence-corrected chi connectivity index (χ3v) is 8.54. The highest BCUT2D eigenvalue weighted by atomic mass is 16.3. The van der Waals surface area contributed by atoms with Gasteiger partial charge in [-0.1, -0.05) is 109 Å². The van der Waals surface area contributed by atoms with Gasteiger partial charge in [0.2, 0.25) is 0 Å². The average Bonchev–Trinajstić information content (AvgIpc) is 3.64. The lowest BCUT2D eigenvalue weighted by molar-refractivity contribution is 0.668. The van der Waals surface area contributed by atoms with E-state index in [0.717, 1.165) is 56.2 Å². The fourth-order valence-electron chi connectivity index (χ4n) is 6.36. The molecule has 0 saturated heterocycles. The van der Waals surface area contributed by atoms with Gasteiger partial charge in [0.05, 0.1) is 0 Å². The SMILES string of the molecule is c1ccc(-c2nc(-c3ccccc3)nc(-c3cccc(-c4ccc5oc6cc7c(cc6c5c4)-c4ccccc4C7)c3)n2)cc1. The minimum absolute atomic E-state index is 0.642. The van der Waals surface area contributed by atoms with Gasteiger partial charge in [0.25, 0.3) is 0 Å². The van der Waals surface area contributed by atoms with Crippen LogP contribution in [-0.2, 0) is 6.42 Å². The van der Waals surface area contributed by atoms with E-state index < -0.39 is 0 Å². The Kier molecular flexibility index (Phi) is 5.53. The van der Waals surface area contributed by atoms with Crippen LogP contribution in [0.1, 0.15) is 11.1 Å². The monoisotopic (exact) mass is 563 g/mol. The van der Waals surface area contributed by atoms with E-state index in [-0.39, 0.29) is 0 Å². The number of hydrogen-bond donors (Lipinski definition) is 0. The van der Waals surface area contributed by atoms with Gasteiger partial charge in [-0.3, -0.25) is 0 Å².